The van der Waals surface area contributed by atoms with Crippen LogP contribution < -0.4 is 0 Å². The molecule has 3 atom stereocenters. The molecule has 0 bridgehead atoms. The molecule has 8 heteroatoms. The number of nitrogens with zero attached hydrogens (tertiary/aromatic N) is 2. The van der Waals surface area contributed by atoms with Crippen molar-refractivity contribution in [1.82, 2.24) is 9.88 Å². The van der Waals surface area contributed by atoms with E-state index in [0.29, 0.717) is 12.1 Å². The van der Waals surface area contributed by atoms with Crippen LogP contribution in [-0.2, 0) is 21.8 Å². The first-order valence-corrected chi connectivity index (χ1v) is 11.6. The Kier molecular flexibility index (Phi) is 6.47. The van der Waals surface area contributed by atoms with Crippen molar-refractivity contribution >= 4 is 25.1 Å². The number of carbonyl (C=O) groups is 1. The van der Waals surface area contributed by atoms with Crippen LogP contribution in [0.4, 0.5) is 4.79 Å². The minimum atomic E-state index is -3.52. The molecule has 154 valence electrons. The van der Waals surface area contributed by atoms with Crippen LogP contribution in [0.1, 0.15) is 24.6 Å². The van der Waals surface area contributed by atoms with E-state index in [4.69, 9.17) is 16.1 Å². The quantitative estimate of drug-likeness (QED) is 0.314. The summed E-state index contributed by atoms with van der Waals surface area (Å²) in [6, 6.07) is 14.3. The van der Waals surface area contributed by atoms with Crippen LogP contribution in [0.5, 0.6) is 0 Å². The summed E-state index contributed by atoms with van der Waals surface area (Å²) >= 11 is 5.99. The molecule has 1 N–H and O–H groups in total. The minimum Gasteiger partial charge on any atom is -0.465 e. The lowest BCUT2D eigenvalue weighted by Crippen LogP contribution is -2.43. The Bertz CT molecular complexity index is 939. The van der Waals surface area contributed by atoms with E-state index in [1.807, 2.05) is 30.3 Å². The number of aromatic nitrogens is 1. The van der Waals surface area contributed by atoms with Gasteiger partial charge in [-0.05, 0) is 31.0 Å². The number of benzene rings is 1. The summed E-state index contributed by atoms with van der Waals surface area (Å²) in [4.78, 5) is 17.8. The van der Waals surface area contributed by atoms with Crippen molar-refractivity contribution in [3.8, 4) is 0 Å². The van der Waals surface area contributed by atoms with Gasteiger partial charge in [-0.2, -0.15) is 0 Å². The van der Waals surface area contributed by atoms with Crippen molar-refractivity contribution in [3.63, 3.8) is 0 Å². The zero-order valence-corrected chi connectivity index (χ0v) is 17.9. The molecule has 29 heavy (non-hydrogen) atoms. The van der Waals surface area contributed by atoms with Crippen molar-refractivity contribution in [2.75, 3.05) is 6.61 Å². The number of pyridine rings is 1. The molecule has 1 aliphatic rings. The SMILES string of the molecule is C=C[C@@H]1C[C@@]1(N(Cc1ccccc1)C(=O)O)P(=O)(Cc1cccc(Cl)n1)OCC. The second-order valence-corrected chi connectivity index (χ2v) is 10.1. The first kappa shape index (κ1) is 21.6. The average Bonchev–Trinajstić information content (AvgIpc) is 3.43. The molecule has 1 aromatic carbocycles. The monoisotopic (exact) mass is 434 g/mol. The molecule has 1 saturated carbocycles. The molecule has 6 nitrogen and oxygen atoms in total. The molecule has 1 fully saturated rings. The lowest BCUT2D eigenvalue weighted by atomic mass is 10.2. The molecule has 0 spiro atoms. The van der Waals surface area contributed by atoms with E-state index in [1.165, 1.54) is 4.90 Å². The Labute approximate surface area is 175 Å². The van der Waals surface area contributed by atoms with Gasteiger partial charge in [0.2, 0.25) is 7.37 Å². The highest BCUT2D eigenvalue weighted by atomic mass is 35.5. The number of carboxylic acid groups (broad SMARTS) is 1. The summed E-state index contributed by atoms with van der Waals surface area (Å²) in [6.07, 6.45) is 0.924. The smallest absolute Gasteiger partial charge is 0.408 e. The van der Waals surface area contributed by atoms with Crippen molar-refractivity contribution in [3.05, 3.63) is 77.6 Å². The maximum atomic E-state index is 14.2. The predicted molar refractivity (Wildman–Crippen MR) is 113 cm³/mol. The molecule has 1 amide bonds. The van der Waals surface area contributed by atoms with E-state index >= 15 is 0 Å². The second-order valence-electron chi connectivity index (χ2n) is 6.98. The third-order valence-corrected chi connectivity index (χ3v) is 8.75. The molecule has 3 rings (SSSR count). The van der Waals surface area contributed by atoms with Gasteiger partial charge in [-0.15, -0.1) is 6.58 Å². The summed E-state index contributed by atoms with van der Waals surface area (Å²) in [5, 5.41) is 9.16. The van der Waals surface area contributed by atoms with Gasteiger partial charge in [0.15, 0.2) is 0 Å². The Balaban J connectivity index is 2.04. The van der Waals surface area contributed by atoms with Gasteiger partial charge in [0.25, 0.3) is 0 Å². The van der Waals surface area contributed by atoms with Crippen LogP contribution in [0.15, 0.2) is 61.2 Å². The summed E-state index contributed by atoms with van der Waals surface area (Å²) in [6.45, 7) is 5.89. The normalized spacial score (nSPS) is 22.5. The van der Waals surface area contributed by atoms with E-state index in [2.05, 4.69) is 11.6 Å². The molecule has 1 heterocycles. The van der Waals surface area contributed by atoms with Gasteiger partial charge in [-0.3, -0.25) is 9.46 Å². The van der Waals surface area contributed by atoms with Gasteiger partial charge in [-0.25, -0.2) is 9.78 Å². The standard InChI is InChI=1S/C21H24ClN2O4P/c1-3-17-13-21(17,24(20(25)26)14-16-9-6-5-7-10-16)29(27,28-4-2)15-18-11-8-12-19(22)23-18/h3,5-12,17H,1,4,13-15H2,2H3,(H,25,26)/t17-,21-,29?/m1/s1. The molecule has 2 aromatic rings. The Hall–Kier alpha value is -2.14. The van der Waals surface area contributed by atoms with Crippen molar-refractivity contribution in [2.45, 2.75) is 31.3 Å². The van der Waals surface area contributed by atoms with E-state index < -0.39 is 18.7 Å². The van der Waals surface area contributed by atoms with E-state index in [0.717, 1.165) is 5.56 Å². The molecule has 0 aliphatic heterocycles. The van der Waals surface area contributed by atoms with Gasteiger partial charge in [-0.1, -0.05) is 54.1 Å². The highest BCUT2D eigenvalue weighted by Crippen LogP contribution is 2.76. The Morgan fingerprint density at radius 3 is 2.66 bits per heavy atom. The number of amides is 1. The summed E-state index contributed by atoms with van der Waals surface area (Å²) in [5.74, 6) is -0.265. The average molecular weight is 435 g/mol. The van der Waals surface area contributed by atoms with Crippen molar-refractivity contribution < 1.29 is 19.0 Å². The summed E-state index contributed by atoms with van der Waals surface area (Å²) in [5.41, 5.74) is 1.32. The number of rotatable bonds is 9. The van der Waals surface area contributed by atoms with E-state index in [9.17, 15) is 14.5 Å². The molecular weight excluding hydrogens is 411 g/mol. The van der Waals surface area contributed by atoms with Crippen molar-refractivity contribution in [1.29, 1.82) is 0 Å². The van der Waals surface area contributed by atoms with E-state index in [-0.39, 0.29) is 30.4 Å². The van der Waals surface area contributed by atoms with Crippen LogP contribution in [0.2, 0.25) is 5.15 Å². The fraction of sp³-hybridized carbons (Fsp3) is 0.333. The van der Waals surface area contributed by atoms with Crippen LogP contribution in [0.3, 0.4) is 0 Å². The molecule has 0 saturated heterocycles. The summed E-state index contributed by atoms with van der Waals surface area (Å²) < 4.78 is 20.0. The van der Waals surface area contributed by atoms with Crippen LogP contribution in [0.25, 0.3) is 0 Å². The number of hydrogen-bond acceptors (Lipinski definition) is 4. The Morgan fingerprint density at radius 2 is 2.10 bits per heavy atom. The third-order valence-electron chi connectivity index (χ3n) is 5.19. The molecule has 0 radical (unpaired) electrons. The largest absolute Gasteiger partial charge is 0.465 e. The predicted octanol–water partition coefficient (Wildman–Crippen LogP) is 5.63. The highest BCUT2D eigenvalue weighted by Gasteiger charge is 2.70. The molecular formula is C21H24ClN2O4P. The number of hydrogen-bond donors (Lipinski definition) is 1. The summed E-state index contributed by atoms with van der Waals surface area (Å²) in [7, 11) is -3.52. The molecule has 1 aliphatic carbocycles. The second kappa shape index (κ2) is 8.70. The van der Waals surface area contributed by atoms with Gasteiger partial charge in [0.05, 0.1) is 25.0 Å². The lowest BCUT2D eigenvalue weighted by molar-refractivity contribution is 0.123. The Morgan fingerprint density at radius 1 is 1.38 bits per heavy atom. The van der Waals surface area contributed by atoms with E-state index in [1.54, 1.807) is 31.2 Å². The maximum absolute atomic E-state index is 14.2. The first-order valence-electron chi connectivity index (χ1n) is 9.38. The topological polar surface area (TPSA) is 79.7 Å². The van der Waals surface area contributed by atoms with Gasteiger partial charge in [0, 0.05) is 5.92 Å². The maximum Gasteiger partial charge on any atom is 0.408 e. The zero-order valence-electron chi connectivity index (χ0n) is 16.2. The minimum absolute atomic E-state index is 0.00428. The fourth-order valence-electron chi connectivity index (χ4n) is 3.81. The van der Waals surface area contributed by atoms with Crippen LogP contribution >= 0.6 is 19.0 Å². The van der Waals surface area contributed by atoms with Gasteiger partial charge >= 0.3 is 6.09 Å². The highest BCUT2D eigenvalue weighted by molar-refractivity contribution is 7.60. The molecule has 1 aromatic heterocycles. The van der Waals surface area contributed by atoms with Crippen LogP contribution in [-0.4, -0.2) is 33.0 Å². The first-order chi connectivity index (χ1) is 13.9. The third kappa shape index (κ3) is 4.25. The lowest BCUT2D eigenvalue weighted by Gasteiger charge is -2.36. The van der Waals surface area contributed by atoms with Crippen molar-refractivity contribution in [2.24, 2.45) is 5.92 Å². The zero-order chi connectivity index (χ0) is 21.1. The van der Waals surface area contributed by atoms with Gasteiger partial charge < -0.3 is 9.63 Å². The van der Waals surface area contributed by atoms with Crippen LogP contribution in [0, 0.1) is 5.92 Å². The fourth-order valence-corrected chi connectivity index (χ4v) is 7.21. The van der Waals surface area contributed by atoms with Gasteiger partial charge in [0.1, 0.15) is 10.4 Å². The number of halogens is 1. The molecule has 1 unspecified atom stereocenters.